The van der Waals surface area contributed by atoms with Crippen molar-refractivity contribution in [2.45, 2.75) is 38.4 Å². The summed E-state index contributed by atoms with van der Waals surface area (Å²) in [4.78, 5) is 0. The standard InChI is InChI=1S/C12H17N3O/c1-8-7-14-15-11-9(2)16-12(10(8)11)3-5-13-6-4-12/h7,9,13H,3-6H2,1-2H3. The Balaban J connectivity index is 2.13. The second-order valence-electron chi connectivity index (χ2n) is 4.79. The Morgan fingerprint density at radius 1 is 1.44 bits per heavy atom. The van der Waals surface area contributed by atoms with Crippen molar-refractivity contribution in [1.29, 1.82) is 0 Å². The lowest BCUT2D eigenvalue weighted by Gasteiger charge is -2.35. The summed E-state index contributed by atoms with van der Waals surface area (Å²) in [6.07, 6.45) is 4.01. The van der Waals surface area contributed by atoms with E-state index in [0.717, 1.165) is 31.6 Å². The highest BCUT2D eigenvalue weighted by Gasteiger charge is 2.46. The number of aromatic nitrogens is 2. The van der Waals surface area contributed by atoms with Gasteiger partial charge in [0.05, 0.1) is 17.5 Å². The molecule has 4 heteroatoms. The summed E-state index contributed by atoms with van der Waals surface area (Å²) in [6, 6.07) is 0. The number of hydrogen-bond donors (Lipinski definition) is 1. The molecule has 1 fully saturated rings. The largest absolute Gasteiger partial charge is 0.361 e. The summed E-state index contributed by atoms with van der Waals surface area (Å²) in [6.45, 7) is 6.23. The van der Waals surface area contributed by atoms with E-state index >= 15 is 0 Å². The van der Waals surface area contributed by atoms with E-state index in [4.69, 9.17) is 4.74 Å². The molecule has 0 aromatic carbocycles. The van der Waals surface area contributed by atoms with Crippen molar-refractivity contribution in [3.8, 4) is 0 Å². The van der Waals surface area contributed by atoms with Gasteiger partial charge in [0.15, 0.2) is 0 Å². The maximum absolute atomic E-state index is 6.20. The number of hydrogen-bond acceptors (Lipinski definition) is 4. The minimum absolute atomic E-state index is 0.0838. The zero-order valence-electron chi connectivity index (χ0n) is 9.79. The van der Waals surface area contributed by atoms with Crippen molar-refractivity contribution in [1.82, 2.24) is 15.5 Å². The molecular formula is C12H17N3O. The molecule has 0 saturated carbocycles. The van der Waals surface area contributed by atoms with E-state index in [1.807, 2.05) is 6.20 Å². The highest BCUT2D eigenvalue weighted by Crippen LogP contribution is 2.48. The average Bonchev–Trinajstić information content (AvgIpc) is 2.55. The third-order valence-corrected chi connectivity index (χ3v) is 3.72. The Labute approximate surface area is 95.4 Å². The van der Waals surface area contributed by atoms with Crippen LogP contribution < -0.4 is 5.32 Å². The summed E-state index contributed by atoms with van der Waals surface area (Å²) in [5.74, 6) is 0. The Kier molecular flexibility index (Phi) is 2.23. The molecule has 2 aliphatic heterocycles. The van der Waals surface area contributed by atoms with Crippen molar-refractivity contribution in [3.63, 3.8) is 0 Å². The number of fused-ring (bicyclic) bond motifs is 2. The molecule has 0 radical (unpaired) electrons. The molecule has 1 saturated heterocycles. The van der Waals surface area contributed by atoms with E-state index in [1.165, 1.54) is 11.1 Å². The monoisotopic (exact) mass is 219 g/mol. The van der Waals surface area contributed by atoms with Crippen molar-refractivity contribution in [2.75, 3.05) is 13.1 Å². The Morgan fingerprint density at radius 3 is 2.94 bits per heavy atom. The van der Waals surface area contributed by atoms with Crippen LogP contribution in [0.1, 0.15) is 42.7 Å². The van der Waals surface area contributed by atoms with Crippen LogP contribution in [0.25, 0.3) is 0 Å². The van der Waals surface area contributed by atoms with E-state index in [-0.39, 0.29) is 11.7 Å². The smallest absolute Gasteiger partial charge is 0.100 e. The van der Waals surface area contributed by atoms with E-state index < -0.39 is 0 Å². The number of rotatable bonds is 0. The first-order valence-corrected chi connectivity index (χ1v) is 5.94. The van der Waals surface area contributed by atoms with Crippen LogP contribution in [0.15, 0.2) is 6.20 Å². The lowest BCUT2D eigenvalue weighted by atomic mass is 9.83. The van der Waals surface area contributed by atoms with Gasteiger partial charge in [-0.2, -0.15) is 10.2 Å². The Morgan fingerprint density at radius 2 is 2.19 bits per heavy atom. The van der Waals surface area contributed by atoms with Gasteiger partial charge in [-0.1, -0.05) is 0 Å². The van der Waals surface area contributed by atoms with Gasteiger partial charge in [0.1, 0.15) is 6.10 Å². The van der Waals surface area contributed by atoms with E-state index in [0.29, 0.717) is 0 Å². The van der Waals surface area contributed by atoms with Gasteiger partial charge in [-0.3, -0.25) is 0 Å². The lowest BCUT2D eigenvalue weighted by Crippen LogP contribution is -2.40. The molecule has 4 nitrogen and oxygen atoms in total. The van der Waals surface area contributed by atoms with Crippen LogP contribution in [0, 0.1) is 6.92 Å². The van der Waals surface area contributed by atoms with Crippen LogP contribution >= 0.6 is 0 Å². The lowest BCUT2D eigenvalue weighted by molar-refractivity contribution is -0.0883. The van der Waals surface area contributed by atoms with Gasteiger partial charge < -0.3 is 10.1 Å². The van der Waals surface area contributed by atoms with Gasteiger partial charge in [0.2, 0.25) is 0 Å². The predicted molar refractivity (Wildman–Crippen MR) is 60.1 cm³/mol. The maximum Gasteiger partial charge on any atom is 0.100 e. The molecule has 1 unspecified atom stereocenters. The van der Waals surface area contributed by atoms with Crippen molar-refractivity contribution >= 4 is 0 Å². The number of nitrogens with zero attached hydrogens (tertiary/aromatic N) is 2. The summed E-state index contributed by atoms with van der Waals surface area (Å²) in [5, 5.41) is 11.7. The zero-order valence-corrected chi connectivity index (χ0v) is 9.79. The summed E-state index contributed by atoms with van der Waals surface area (Å²) in [5.41, 5.74) is 3.47. The van der Waals surface area contributed by atoms with E-state index in [1.54, 1.807) is 0 Å². The van der Waals surface area contributed by atoms with Crippen LogP contribution in [0.3, 0.4) is 0 Å². The number of aryl methyl sites for hydroxylation is 1. The molecule has 0 aliphatic carbocycles. The first kappa shape index (κ1) is 10.2. The van der Waals surface area contributed by atoms with E-state index in [9.17, 15) is 0 Å². The minimum atomic E-state index is -0.0972. The van der Waals surface area contributed by atoms with Gasteiger partial charge in [0, 0.05) is 5.56 Å². The molecule has 3 rings (SSSR count). The highest BCUT2D eigenvalue weighted by molar-refractivity contribution is 5.38. The van der Waals surface area contributed by atoms with Crippen LogP contribution in [-0.2, 0) is 10.3 Å². The van der Waals surface area contributed by atoms with Crippen LogP contribution in [0.2, 0.25) is 0 Å². The van der Waals surface area contributed by atoms with Crippen LogP contribution in [0.4, 0.5) is 0 Å². The molecular weight excluding hydrogens is 202 g/mol. The fraction of sp³-hybridized carbons (Fsp3) is 0.667. The molecule has 3 heterocycles. The molecule has 0 amide bonds. The summed E-state index contributed by atoms with van der Waals surface area (Å²) >= 11 is 0. The highest BCUT2D eigenvalue weighted by atomic mass is 16.5. The summed E-state index contributed by atoms with van der Waals surface area (Å²) in [7, 11) is 0. The number of nitrogens with one attached hydrogen (secondary N) is 1. The second-order valence-corrected chi connectivity index (χ2v) is 4.79. The van der Waals surface area contributed by atoms with Crippen molar-refractivity contribution < 1.29 is 4.74 Å². The third-order valence-electron chi connectivity index (χ3n) is 3.72. The molecule has 1 aromatic heterocycles. The van der Waals surface area contributed by atoms with Gasteiger partial charge in [-0.25, -0.2) is 0 Å². The maximum atomic E-state index is 6.20. The fourth-order valence-electron chi connectivity index (χ4n) is 3.02. The normalized spacial score (nSPS) is 27.0. The molecule has 1 atom stereocenters. The first-order valence-electron chi connectivity index (χ1n) is 5.94. The molecule has 1 aromatic rings. The molecule has 1 spiro atoms. The Hall–Kier alpha value is -1.00. The summed E-state index contributed by atoms with van der Waals surface area (Å²) < 4.78 is 6.20. The van der Waals surface area contributed by atoms with Gasteiger partial charge >= 0.3 is 0 Å². The first-order chi connectivity index (χ1) is 7.73. The molecule has 16 heavy (non-hydrogen) atoms. The average molecular weight is 219 g/mol. The SMILES string of the molecule is Cc1cnnc2c1C1(CCNCC1)OC2C. The van der Waals surface area contributed by atoms with Gasteiger partial charge in [-0.05, 0) is 45.3 Å². The topological polar surface area (TPSA) is 47.0 Å². The van der Waals surface area contributed by atoms with E-state index in [2.05, 4.69) is 29.4 Å². The molecule has 86 valence electrons. The van der Waals surface area contributed by atoms with Crippen LogP contribution in [-0.4, -0.2) is 23.3 Å². The molecule has 2 aliphatic rings. The van der Waals surface area contributed by atoms with Gasteiger partial charge in [0.25, 0.3) is 0 Å². The third kappa shape index (κ3) is 1.30. The number of ether oxygens (including phenoxy) is 1. The van der Waals surface area contributed by atoms with Crippen molar-refractivity contribution in [3.05, 3.63) is 23.0 Å². The zero-order chi connectivity index (χ0) is 11.2. The fourth-order valence-corrected chi connectivity index (χ4v) is 3.02. The van der Waals surface area contributed by atoms with Crippen molar-refractivity contribution in [2.24, 2.45) is 0 Å². The predicted octanol–water partition coefficient (Wildman–Crippen LogP) is 1.45. The van der Waals surface area contributed by atoms with Gasteiger partial charge in [-0.15, -0.1) is 0 Å². The molecule has 0 bridgehead atoms. The second kappa shape index (κ2) is 3.50. The molecule has 1 N–H and O–H groups in total. The minimum Gasteiger partial charge on any atom is -0.361 e. The van der Waals surface area contributed by atoms with Crippen LogP contribution in [0.5, 0.6) is 0 Å². The quantitative estimate of drug-likeness (QED) is 0.717. The Bertz CT molecular complexity index is 413. The number of piperidine rings is 1.